The predicted octanol–water partition coefficient (Wildman–Crippen LogP) is 3.83. The summed E-state index contributed by atoms with van der Waals surface area (Å²) in [6.07, 6.45) is 15.1. The minimum absolute atomic E-state index is 0.946. The summed E-state index contributed by atoms with van der Waals surface area (Å²) in [5, 5.41) is 0. The molecule has 1 heteroatoms. The molecule has 2 saturated carbocycles. The Kier molecular flexibility index (Phi) is 3.24. The first-order valence-electron chi connectivity index (χ1n) is 7.58. The van der Waals surface area contributed by atoms with E-state index in [4.69, 9.17) is 0 Å². The third-order valence-electron chi connectivity index (χ3n) is 5.69. The molecule has 0 radical (unpaired) electrons. The summed E-state index contributed by atoms with van der Waals surface area (Å²) in [6, 6.07) is 1.89. The Balaban J connectivity index is 1.78. The van der Waals surface area contributed by atoms with E-state index in [0.29, 0.717) is 0 Å². The molecular weight excluding hydrogens is 194 g/mol. The van der Waals surface area contributed by atoms with E-state index in [1.807, 2.05) is 0 Å². The summed E-state index contributed by atoms with van der Waals surface area (Å²) in [5.41, 5.74) is 0. The summed E-state index contributed by atoms with van der Waals surface area (Å²) in [6.45, 7) is 0. The molecule has 0 bridgehead atoms. The second-order valence-electron chi connectivity index (χ2n) is 6.47. The van der Waals surface area contributed by atoms with Gasteiger partial charge in [0.25, 0.3) is 0 Å². The molecular formula is C15H27N. The van der Waals surface area contributed by atoms with E-state index in [-0.39, 0.29) is 0 Å². The molecule has 0 aromatic rings. The second-order valence-corrected chi connectivity index (χ2v) is 6.47. The van der Waals surface area contributed by atoms with Gasteiger partial charge in [0, 0.05) is 12.1 Å². The van der Waals surface area contributed by atoms with Crippen molar-refractivity contribution in [3.05, 3.63) is 0 Å². The average molecular weight is 221 g/mol. The maximum absolute atomic E-state index is 2.82. The average Bonchev–Trinajstić information content (AvgIpc) is 2.49. The van der Waals surface area contributed by atoms with Crippen LogP contribution in [0.15, 0.2) is 0 Å². The lowest BCUT2D eigenvalue weighted by atomic mass is 9.80. The predicted molar refractivity (Wildman–Crippen MR) is 68.5 cm³/mol. The van der Waals surface area contributed by atoms with Crippen LogP contribution in [0.1, 0.15) is 64.2 Å². The smallest absolute Gasteiger partial charge is 0.0123 e. The van der Waals surface area contributed by atoms with E-state index in [0.717, 1.165) is 23.9 Å². The van der Waals surface area contributed by atoms with Crippen LogP contribution >= 0.6 is 0 Å². The monoisotopic (exact) mass is 221 g/mol. The first kappa shape index (κ1) is 11.1. The van der Waals surface area contributed by atoms with Gasteiger partial charge >= 0.3 is 0 Å². The zero-order valence-corrected chi connectivity index (χ0v) is 10.8. The van der Waals surface area contributed by atoms with Crippen molar-refractivity contribution in [3.8, 4) is 0 Å². The number of nitrogens with zero attached hydrogens (tertiary/aromatic N) is 1. The molecule has 92 valence electrons. The van der Waals surface area contributed by atoms with Crippen LogP contribution in [0.5, 0.6) is 0 Å². The first-order chi connectivity index (χ1) is 7.86. The fourth-order valence-electron chi connectivity index (χ4n) is 4.80. The summed E-state index contributed by atoms with van der Waals surface area (Å²) < 4.78 is 0. The van der Waals surface area contributed by atoms with Gasteiger partial charge in [-0.15, -0.1) is 0 Å². The Labute approximate surface area is 101 Å². The third kappa shape index (κ3) is 1.92. The minimum atomic E-state index is 0.946. The molecule has 4 atom stereocenters. The van der Waals surface area contributed by atoms with Gasteiger partial charge in [-0.05, 0) is 57.4 Å². The lowest BCUT2D eigenvalue weighted by Gasteiger charge is -2.42. The quantitative estimate of drug-likeness (QED) is 0.601. The zero-order valence-electron chi connectivity index (χ0n) is 10.8. The fourth-order valence-corrected chi connectivity index (χ4v) is 4.80. The van der Waals surface area contributed by atoms with E-state index in [9.17, 15) is 0 Å². The Hall–Kier alpha value is -0.0400. The van der Waals surface area contributed by atoms with Crippen LogP contribution in [0.2, 0.25) is 0 Å². The maximum atomic E-state index is 2.82. The van der Waals surface area contributed by atoms with Crippen molar-refractivity contribution < 1.29 is 0 Å². The SMILES string of the molecule is CN1C2CCCCC2CCC2CCCCC21. The molecule has 0 amide bonds. The van der Waals surface area contributed by atoms with Crippen LogP contribution in [0.3, 0.4) is 0 Å². The zero-order chi connectivity index (χ0) is 11.0. The molecule has 3 fully saturated rings. The van der Waals surface area contributed by atoms with E-state index < -0.39 is 0 Å². The summed E-state index contributed by atoms with van der Waals surface area (Å²) >= 11 is 0. The molecule has 3 aliphatic rings. The molecule has 0 aromatic carbocycles. The molecule has 4 unspecified atom stereocenters. The van der Waals surface area contributed by atoms with E-state index in [1.165, 1.54) is 64.2 Å². The molecule has 1 heterocycles. The van der Waals surface area contributed by atoms with E-state index >= 15 is 0 Å². The molecule has 2 aliphatic carbocycles. The Bertz CT molecular complexity index is 214. The number of hydrogen-bond acceptors (Lipinski definition) is 1. The van der Waals surface area contributed by atoms with E-state index in [2.05, 4.69) is 11.9 Å². The number of likely N-dealkylation sites (tertiary alicyclic amines) is 1. The van der Waals surface area contributed by atoms with Gasteiger partial charge in [0.2, 0.25) is 0 Å². The summed E-state index contributed by atoms with van der Waals surface area (Å²) in [4.78, 5) is 2.82. The highest BCUT2D eigenvalue weighted by molar-refractivity contribution is 4.93. The van der Waals surface area contributed by atoms with Crippen molar-refractivity contribution in [1.29, 1.82) is 0 Å². The van der Waals surface area contributed by atoms with Gasteiger partial charge in [-0.1, -0.05) is 25.7 Å². The van der Waals surface area contributed by atoms with Gasteiger partial charge in [-0.25, -0.2) is 0 Å². The third-order valence-corrected chi connectivity index (χ3v) is 5.69. The maximum Gasteiger partial charge on any atom is 0.0123 e. The molecule has 3 rings (SSSR count). The topological polar surface area (TPSA) is 3.24 Å². The normalized spacial score (nSPS) is 45.6. The van der Waals surface area contributed by atoms with Gasteiger partial charge < -0.3 is 0 Å². The number of rotatable bonds is 0. The molecule has 1 aliphatic heterocycles. The highest BCUT2D eigenvalue weighted by atomic mass is 15.2. The van der Waals surface area contributed by atoms with Crippen LogP contribution in [-0.2, 0) is 0 Å². The summed E-state index contributed by atoms with van der Waals surface area (Å²) in [5.74, 6) is 2.09. The van der Waals surface area contributed by atoms with Crippen molar-refractivity contribution in [2.75, 3.05) is 7.05 Å². The van der Waals surface area contributed by atoms with Gasteiger partial charge in [0.15, 0.2) is 0 Å². The van der Waals surface area contributed by atoms with Crippen molar-refractivity contribution in [2.45, 2.75) is 76.3 Å². The lowest BCUT2D eigenvalue weighted by molar-refractivity contribution is 0.0682. The van der Waals surface area contributed by atoms with Gasteiger partial charge in [0.05, 0.1) is 0 Å². The van der Waals surface area contributed by atoms with Crippen LogP contribution in [0.4, 0.5) is 0 Å². The molecule has 16 heavy (non-hydrogen) atoms. The van der Waals surface area contributed by atoms with Gasteiger partial charge in [-0.3, -0.25) is 4.90 Å². The first-order valence-corrected chi connectivity index (χ1v) is 7.58. The van der Waals surface area contributed by atoms with Gasteiger partial charge in [0.1, 0.15) is 0 Å². The minimum Gasteiger partial charge on any atom is -0.300 e. The van der Waals surface area contributed by atoms with E-state index in [1.54, 1.807) is 0 Å². The molecule has 1 saturated heterocycles. The highest BCUT2D eigenvalue weighted by Gasteiger charge is 2.39. The molecule has 0 N–H and O–H groups in total. The Morgan fingerprint density at radius 3 is 1.56 bits per heavy atom. The standard InChI is InChI=1S/C15H27N/c1-16-14-8-4-2-6-12(14)10-11-13-7-3-5-9-15(13)16/h12-15H,2-11H2,1H3. The Morgan fingerprint density at radius 1 is 0.625 bits per heavy atom. The van der Waals surface area contributed by atoms with Crippen LogP contribution in [0.25, 0.3) is 0 Å². The molecule has 0 spiro atoms. The van der Waals surface area contributed by atoms with Crippen molar-refractivity contribution >= 4 is 0 Å². The highest BCUT2D eigenvalue weighted by Crippen LogP contribution is 2.42. The number of fused-ring (bicyclic) bond motifs is 2. The van der Waals surface area contributed by atoms with Crippen LogP contribution < -0.4 is 0 Å². The van der Waals surface area contributed by atoms with Crippen molar-refractivity contribution in [2.24, 2.45) is 11.8 Å². The van der Waals surface area contributed by atoms with Crippen LogP contribution in [0, 0.1) is 11.8 Å². The second kappa shape index (κ2) is 4.68. The Morgan fingerprint density at radius 2 is 1.06 bits per heavy atom. The fraction of sp³-hybridized carbons (Fsp3) is 1.00. The molecule has 0 aromatic heterocycles. The lowest BCUT2D eigenvalue weighted by Crippen LogP contribution is -2.47. The van der Waals surface area contributed by atoms with Crippen molar-refractivity contribution in [3.63, 3.8) is 0 Å². The van der Waals surface area contributed by atoms with Crippen molar-refractivity contribution in [1.82, 2.24) is 4.90 Å². The number of hydrogen-bond donors (Lipinski definition) is 0. The largest absolute Gasteiger partial charge is 0.300 e. The summed E-state index contributed by atoms with van der Waals surface area (Å²) in [7, 11) is 2.44. The van der Waals surface area contributed by atoms with Crippen LogP contribution in [-0.4, -0.2) is 24.0 Å². The molecule has 1 nitrogen and oxygen atoms in total. The van der Waals surface area contributed by atoms with Gasteiger partial charge in [-0.2, -0.15) is 0 Å².